The summed E-state index contributed by atoms with van der Waals surface area (Å²) in [6, 6.07) is 15.8. The molecule has 0 aliphatic heterocycles. The van der Waals surface area contributed by atoms with Crippen LogP contribution < -0.4 is 5.32 Å². The lowest BCUT2D eigenvalue weighted by Crippen LogP contribution is -2.21. The summed E-state index contributed by atoms with van der Waals surface area (Å²) in [6.45, 7) is 5.58. The molecule has 0 bridgehead atoms. The SMILES string of the molecule is Cc1ccc([N+](=O)[O-])cc1NC(=O)COC(=O)c1cc(C)n(Cc2ccccc2)c1C. The van der Waals surface area contributed by atoms with Crippen molar-refractivity contribution >= 4 is 23.3 Å². The van der Waals surface area contributed by atoms with Crippen LogP contribution in [0.4, 0.5) is 11.4 Å². The van der Waals surface area contributed by atoms with Gasteiger partial charge < -0.3 is 14.6 Å². The lowest BCUT2D eigenvalue weighted by Gasteiger charge is -2.10. The maximum absolute atomic E-state index is 12.5. The van der Waals surface area contributed by atoms with Crippen molar-refractivity contribution in [3.05, 3.63) is 92.8 Å². The molecule has 0 atom stereocenters. The average Bonchev–Trinajstić information content (AvgIpc) is 3.02. The van der Waals surface area contributed by atoms with Crippen LogP contribution in [0.15, 0.2) is 54.6 Å². The lowest BCUT2D eigenvalue weighted by molar-refractivity contribution is -0.384. The van der Waals surface area contributed by atoms with Crippen LogP contribution in [-0.2, 0) is 16.1 Å². The topological polar surface area (TPSA) is 103 Å². The fraction of sp³-hybridized carbons (Fsp3) is 0.217. The first kappa shape index (κ1) is 21.8. The highest BCUT2D eigenvalue weighted by Crippen LogP contribution is 2.22. The van der Waals surface area contributed by atoms with Crippen molar-refractivity contribution < 1.29 is 19.2 Å². The van der Waals surface area contributed by atoms with Crippen molar-refractivity contribution in [2.45, 2.75) is 27.3 Å². The highest BCUT2D eigenvalue weighted by Gasteiger charge is 2.19. The number of ether oxygens (including phenoxy) is 1. The number of aryl methyl sites for hydroxylation is 2. The monoisotopic (exact) mass is 421 g/mol. The number of anilines is 1. The number of hydrogen-bond acceptors (Lipinski definition) is 5. The lowest BCUT2D eigenvalue weighted by atomic mass is 10.2. The Bertz CT molecular complexity index is 1140. The minimum absolute atomic E-state index is 0.135. The van der Waals surface area contributed by atoms with Crippen LogP contribution in [-0.4, -0.2) is 28.0 Å². The molecule has 0 aliphatic rings. The summed E-state index contributed by atoms with van der Waals surface area (Å²) in [5, 5.41) is 13.5. The second kappa shape index (κ2) is 9.25. The number of esters is 1. The maximum atomic E-state index is 12.5. The first-order valence-electron chi connectivity index (χ1n) is 9.69. The Hall–Kier alpha value is -3.94. The number of carbonyl (C=O) groups is 2. The van der Waals surface area contributed by atoms with Gasteiger partial charge in [0.05, 0.1) is 16.2 Å². The van der Waals surface area contributed by atoms with E-state index in [4.69, 9.17) is 4.74 Å². The van der Waals surface area contributed by atoms with Crippen molar-refractivity contribution in [3.63, 3.8) is 0 Å². The molecule has 3 rings (SSSR count). The number of non-ortho nitro benzene ring substituents is 1. The van der Waals surface area contributed by atoms with E-state index in [1.54, 1.807) is 19.1 Å². The van der Waals surface area contributed by atoms with Gasteiger partial charge in [0.25, 0.3) is 11.6 Å². The van der Waals surface area contributed by atoms with Crippen LogP contribution in [0.25, 0.3) is 0 Å². The van der Waals surface area contributed by atoms with Crippen molar-refractivity contribution in [2.75, 3.05) is 11.9 Å². The molecule has 1 aromatic heterocycles. The molecule has 1 heterocycles. The zero-order chi connectivity index (χ0) is 22.5. The predicted octanol–water partition coefficient (Wildman–Crippen LogP) is 4.17. The number of nitrogens with one attached hydrogen (secondary N) is 1. The summed E-state index contributed by atoms with van der Waals surface area (Å²) in [4.78, 5) is 35.1. The van der Waals surface area contributed by atoms with E-state index in [0.717, 1.165) is 17.0 Å². The van der Waals surface area contributed by atoms with Crippen molar-refractivity contribution in [2.24, 2.45) is 0 Å². The normalized spacial score (nSPS) is 10.5. The zero-order valence-electron chi connectivity index (χ0n) is 17.5. The van der Waals surface area contributed by atoms with Crippen molar-refractivity contribution in [1.82, 2.24) is 4.57 Å². The molecule has 8 heteroatoms. The van der Waals surface area contributed by atoms with Gasteiger partial charge in [0.1, 0.15) is 0 Å². The largest absolute Gasteiger partial charge is 0.452 e. The van der Waals surface area contributed by atoms with E-state index in [1.165, 1.54) is 12.1 Å². The van der Waals surface area contributed by atoms with Gasteiger partial charge >= 0.3 is 5.97 Å². The smallest absolute Gasteiger partial charge is 0.340 e. The van der Waals surface area contributed by atoms with Gasteiger partial charge in [-0.05, 0) is 38.0 Å². The van der Waals surface area contributed by atoms with Gasteiger partial charge in [-0.2, -0.15) is 0 Å². The fourth-order valence-electron chi connectivity index (χ4n) is 3.27. The molecule has 1 amide bonds. The minimum atomic E-state index is -0.599. The van der Waals surface area contributed by atoms with Crippen LogP contribution in [0.2, 0.25) is 0 Å². The van der Waals surface area contributed by atoms with Crippen LogP contribution >= 0.6 is 0 Å². The molecule has 0 unspecified atom stereocenters. The standard InChI is InChI=1S/C23H23N3O5/c1-15-9-10-19(26(29)30)12-21(15)24-22(27)14-31-23(28)20-11-16(2)25(17(20)3)13-18-7-5-4-6-8-18/h4-12H,13-14H2,1-3H3,(H,24,27). The summed E-state index contributed by atoms with van der Waals surface area (Å²) in [5.74, 6) is -1.17. The molecule has 160 valence electrons. The van der Waals surface area contributed by atoms with Crippen LogP contribution in [0, 0.1) is 30.9 Å². The molecule has 2 aromatic carbocycles. The van der Waals surface area contributed by atoms with E-state index >= 15 is 0 Å². The van der Waals surface area contributed by atoms with Crippen LogP contribution in [0.5, 0.6) is 0 Å². The number of benzene rings is 2. The Kier molecular flexibility index (Phi) is 6.49. The van der Waals surface area contributed by atoms with E-state index in [1.807, 2.05) is 48.7 Å². The minimum Gasteiger partial charge on any atom is -0.452 e. The Morgan fingerprint density at radius 2 is 1.77 bits per heavy atom. The van der Waals surface area contributed by atoms with Gasteiger partial charge in [-0.25, -0.2) is 4.79 Å². The average molecular weight is 421 g/mol. The van der Waals surface area contributed by atoms with Gasteiger partial charge in [0.2, 0.25) is 0 Å². The third-order valence-corrected chi connectivity index (χ3v) is 5.02. The summed E-state index contributed by atoms with van der Waals surface area (Å²) >= 11 is 0. The number of carbonyl (C=O) groups excluding carboxylic acids is 2. The highest BCUT2D eigenvalue weighted by atomic mass is 16.6. The zero-order valence-corrected chi connectivity index (χ0v) is 17.5. The Morgan fingerprint density at radius 3 is 2.45 bits per heavy atom. The van der Waals surface area contributed by atoms with Crippen molar-refractivity contribution in [1.29, 1.82) is 0 Å². The molecule has 1 N–H and O–H groups in total. The maximum Gasteiger partial charge on any atom is 0.340 e. The number of hydrogen-bond donors (Lipinski definition) is 1. The first-order chi connectivity index (χ1) is 14.8. The van der Waals surface area contributed by atoms with Crippen molar-refractivity contribution in [3.8, 4) is 0 Å². The molecular weight excluding hydrogens is 398 g/mol. The first-order valence-corrected chi connectivity index (χ1v) is 9.69. The van der Waals surface area contributed by atoms with Gasteiger partial charge in [0, 0.05) is 30.1 Å². The Morgan fingerprint density at radius 1 is 1.06 bits per heavy atom. The molecule has 0 spiro atoms. The number of nitro benzene ring substituents is 1. The van der Waals surface area contributed by atoms with E-state index in [2.05, 4.69) is 5.32 Å². The summed E-state index contributed by atoms with van der Waals surface area (Å²) in [5.41, 5.74) is 3.99. The number of nitro groups is 1. The number of rotatable bonds is 7. The van der Waals surface area contributed by atoms with E-state index < -0.39 is 23.4 Å². The molecule has 3 aromatic rings. The Balaban J connectivity index is 1.65. The molecular formula is C23H23N3O5. The number of amides is 1. The van der Waals surface area contributed by atoms with Gasteiger partial charge in [0.15, 0.2) is 6.61 Å². The van der Waals surface area contributed by atoms with E-state index in [-0.39, 0.29) is 5.69 Å². The number of nitrogens with zero attached hydrogens (tertiary/aromatic N) is 2. The second-order valence-electron chi connectivity index (χ2n) is 7.24. The van der Waals surface area contributed by atoms with Crippen LogP contribution in [0.3, 0.4) is 0 Å². The van der Waals surface area contributed by atoms with Crippen LogP contribution in [0.1, 0.15) is 32.9 Å². The summed E-state index contributed by atoms with van der Waals surface area (Å²) in [6.07, 6.45) is 0. The molecule has 0 saturated heterocycles. The van der Waals surface area contributed by atoms with E-state index in [9.17, 15) is 19.7 Å². The molecule has 0 radical (unpaired) electrons. The van der Waals surface area contributed by atoms with Gasteiger partial charge in [-0.3, -0.25) is 14.9 Å². The van der Waals surface area contributed by atoms with Gasteiger partial charge in [-0.15, -0.1) is 0 Å². The highest BCUT2D eigenvalue weighted by molar-refractivity contribution is 5.96. The Labute approximate surface area is 179 Å². The molecule has 0 aliphatic carbocycles. The fourth-order valence-corrected chi connectivity index (χ4v) is 3.27. The number of aromatic nitrogens is 1. The quantitative estimate of drug-likeness (QED) is 0.350. The van der Waals surface area contributed by atoms with Gasteiger partial charge in [-0.1, -0.05) is 36.4 Å². The molecule has 0 saturated carbocycles. The predicted molar refractivity (Wildman–Crippen MR) is 116 cm³/mol. The molecule has 31 heavy (non-hydrogen) atoms. The summed E-state index contributed by atoms with van der Waals surface area (Å²) < 4.78 is 7.19. The third-order valence-electron chi connectivity index (χ3n) is 5.02. The third kappa shape index (κ3) is 5.16. The molecule has 8 nitrogen and oxygen atoms in total. The second-order valence-corrected chi connectivity index (χ2v) is 7.24. The summed E-state index contributed by atoms with van der Waals surface area (Å²) in [7, 11) is 0. The molecule has 0 fully saturated rings. The van der Waals surface area contributed by atoms with E-state index in [0.29, 0.717) is 23.4 Å².